The summed E-state index contributed by atoms with van der Waals surface area (Å²) in [7, 11) is 4.97. The molecule has 0 unspecified atom stereocenters. The molecule has 0 aliphatic heterocycles. The van der Waals surface area contributed by atoms with Crippen molar-refractivity contribution in [3.05, 3.63) is 27.7 Å². The monoisotopic (exact) mass is 310 g/mol. The maximum atomic E-state index is 12.3. The first-order chi connectivity index (χ1) is 10.0. The van der Waals surface area contributed by atoms with Gasteiger partial charge in [0.15, 0.2) is 0 Å². The highest BCUT2D eigenvalue weighted by Gasteiger charge is 2.16. The summed E-state index contributed by atoms with van der Waals surface area (Å²) in [5.74, 6) is -0.250. The van der Waals surface area contributed by atoms with Crippen molar-refractivity contribution in [2.24, 2.45) is 12.0 Å². The third-order valence-electron chi connectivity index (χ3n) is 2.53. The lowest BCUT2D eigenvalue weighted by Gasteiger charge is -2.16. The minimum absolute atomic E-state index is 0.139. The van der Waals surface area contributed by atoms with Crippen molar-refractivity contribution in [2.75, 3.05) is 14.1 Å². The highest BCUT2D eigenvalue weighted by molar-refractivity contribution is 5.68. The Labute approximate surface area is 128 Å². The van der Waals surface area contributed by atoms with E-state index in [4.69, 9.17) is 4.74 Å². The molecular formula is C14H22N4O4. The van der Waals surface area contributed by atoms with E-state index in [1.54, 1.807) is 39.8 Å². The highest BCUT2D eigenvalue weighted by atomic mass is 16.6. The predicted molar refractivity (Wildman–Crippen MR) is 80.3 cm³/mol. The van der Waals surface area contributed by atoms with Gasteiger partial charge in [-0.2, -0.15) is 0 Å². The molecular weight excluding hydrogens is 288 g/mol. The molecule has 8 heteroatoms. The lowest BCUT2D eigenvalue weighted by Crippen LogP contribution is -2.34. The molecule has 0 atom stereocenters. The van der Waals surface area contributed by atoms with Gasteiger partial charge in [0.05, 0.1) is 11.8 Å². The quantitative estimate of drug-likeness (QED) is 0.848. The summed E-state index contributed by atoms with van der Waals surface area (Å²) in [6, 6.07) is 0. The van der Waals surface area contributed by atoms with Crippen LogP contribution in [0.4, 0.5) is 4.79 Å². The average Bonchev–Trinajstić information content (AvgIpc) is 2.43. The number of rotatable bonds is 2. The van der Waals surface area contributed by atoms with Crippen LogP contribution in [0, 0.1) is 0 Å². The van der Waals surface area contributed by atoms with Gasteiger partial charge in [0, 0.05) is 13.6 Å². The molecule has 22 heavy (non-hydrogen) atoms. The van der Waals surface area contributed by atoms with E-state index in [2.05, 4.69) is 9.98 Å². The van der Waals surface area contributed by atoms with Gasteiger partial charge in [0.1, 0.15) is 11.4 Å². The normalized spacial score (nSPS) is 12.6. The largest absolute Gasteiger partial charge is 0.506 e. The fourth-order valence-electron chi connectivity index (χ4n) is 1.62. The SMILES string of the molecule is CN(C)Cc1c(O)cnc(=NC(=O)OC(C)(C)C)n(C)c1=O. The molecule has 1 heterocycles. The first kappa shape index (κ1) is 17.8. The predicted octanol–water partition coefficient (Wildman–Crippen LogP) is 0.383. The third kappa shape index (κ3) is 4.96. The van der Waals surface area contributed by atoms with Crippen LogP contribution < -0.4 is 11.2 Å². The Balaban J connectivity index is 3.42. The van der Waals surface area contributed by atoms with Crippen molar-refractivity contribution in [3.8, 4) is 5.75 Å². The van der Waals surface area contributed by atoms with Crippen molar-refractivity contribution in [3.63, 3.8) is 0 Å². The molecule has 1 aromatic heterocycles. The van der Waals surface area contributed by atoms with Crippen molar-refractivity contribution in [1.29, 1.82) is 0 Å². The number of hydrogen-bond acceptors (Lipinski definition) is 6. The Morgan fingerprint density at radius 1 is 1.45 bits per heavy atom. The smallest absolute Gasteiger partial charge is 0.437 e. The number of hydrogen-bond donors (Lipinski definition) is 1. The van der Waals surface area contributed by atoms with Crippen molar-refractivity contribution >= 4 is 6.09 Å². The Hall–Kier alpha value is -2.22. The van der Waals surface area contributed by atoms with E-state index in [9.17, 15) is 14.7 Å². The van der Waals surface area contributed by atoms with Gasteiger partial charge in [0.2, 0.25) is 5.62 Å². The van der Waals surface area contributed by atoms with E-state index in [0.717, 1.165) is 10.8 Å². The second-order valence-corrected chi connectivity index (χ2v) is 6.12. The summed E-state index contributed by atoms with van der Waals surface area (Å²) in [4.78, 5) is 33.3. The zero-order valence-electron chi connectivity index (χ0n) is 13.7. The highest BCUT2D eigenvalue weighted by Crippen LogP contribution is 2.10. The second-order valence-electron chi connectivity index (χ2n) is 6.12. The molecule has 0 radical (unpaired) electrons. The average molecular weight is 310 g/mol. The van der Waals surface area contributed by atoms with Crippen LogP contribution in [0.3, 0.4) is 0 Å². The first-order valence-electron chi connectivity index (χ1n) is 6.72. The standard InChI is InChI=1S/C14H22N4O4/c1-14(2,3)22-13(21)16-12-15-7-10(19)9(8-17(4)5)11(20)18(12)6/h7,19H,8H2,1-6H3. The molecule has 0 aliphatic carbocycles. The molecule has 0 saturated carbocycles. The molecule has 8 nitrogen and oxygen atoms in total. The second kappa shape index (κ2) is 6.69. The fraction of sp³-hybridized carbons (Fsp3) is 0.571. The molecule has 1 amide bonds. The summed E-state index contributed by atoms with van der Waals surface area (Å²) in [5, 5.41) is 9.91. The molecule has 1 N–H and O–H groups in total. The van der Waals surface area contributed by atoms with Crippen molar-refractivity contribution in [2.45, 2.75) is 32.9 Å². The number of nitrogens with zero attached hydrogens (tertiary/aromatic N) is 4. The van der Waals surface area contributed by atoms with E-state index in [-0.39, 0.29) is 23.5 Å². The van der Waals surface area contributed by atoms with Gasteiger partial charge in [-0.25, -0.2) is 9.78 Å². The van der Waals surface area contributed by atoms with Gasteiger partial charge in [-0.15, -0.1) is 4.99 Å². The van der Waals surface area contributed by atoms with E-state index < -0.39 is 17.3 Å². The Kier molecular flexibility index (Phi) is 5.43. The third-order valence-corrected chi connectivity index (χ3v) is 2.53. The molecule has 0 aliphatic rings. The van der Waals surface area contributed by atoms with Gasteiger partial charge in [-0.05, 0) is 34.9 Å². The number of carbonyl (C=O) groups excluding carboxylic acids is 1. The van der Waals surface area contributed by atoms with Crippen molar-refractivity contribution in [1.82, 2.24) is 14.5 Å². The van der Waals surface area contributed by atoms with Crippen LogP contribution in [0.15, 0.2) is 16.0 Å². The summed E-state index contributed by atoms with van der Waals surface area (Å²) in [6.07, 6.45) is 0.249. The van der Waals surface area contributed by atoms with E-state index in [1.165, 1.54) is 7.05 Å². The van der Waals surface area contributed by atoms with Gasteiger partial charge < -0.3 is 14.7 Å². The van der Waals surface area contributed by atoms with Gasteiger partial charge in [0.25, 0.3) is 5.56 Å². The van der Waals surface area contributed by atoms with Crippen LogP contribution in [-0.4, -0.2) is 45.3 Å². The van der Waals surface area contributed by atoms with Crippen LogP contribution in [0.25, 0.3) is 0 Å². The van der Waals surface area contributed by atoms with Crippen LogP contribution in [0.1, 0.15) is 26.3 Å². The minimum Gasteiger partial charge on any atom is -0.506 e. The van der Waals surface area contributed by atoms with E-state index >= 15 is 0 Å². The number of aromatic hydroxyl groups is 1. The molecule has 122 valence electrons. The van der Waals surface area contributed by atoms with Crippen LogP contribution in [0.5, 0.6) is 5.75 Å². The van der Waals surface area contributed by atoms with E-state index in [1.807, 2.05) is 0 Å². The Bertz CT molecular complexity index is 687. The Morgan fingerprint density at radius 3 is 2.55 bits per heavy atom. The summed E-state index contributed by atoms with van der Waals surface area (Å²) in [5.41, 5.74) is -1.15. The maximum Gasteiger partial charge on any atom is 0.437 e. The molecule has 1 aromatic rings. The van der Waals surface area contributed by atoms with Gasteiger partial charge in [-0.3, -0.25) is 9.36 Å². The topological polar surface area (TPSA) is 97.0 Å². The minimum atomic E-state index is -0.852. The number of amides is 1. The first-order valence-corrected chi connectivity index (χ1v) is 6.72. The number of aromatic nitrogens is 2. The molecule has 0 bridgehead atoms. The fourth-order valence-corrected chi connectivity index (χ4v) is 1.62. The van der Waals surface area contributed by atoms with Crippen LogP contribution in [0.2, 0.25) is 0 Å². The molecule has 0 fully saturated rings. The summed E-state index contributed by atoms with van der Waals surface area (Å²) < 4.78 is 6.16. The zero-order chi connectivity index (χ0) is 17.1. The van der Waals surface area contributed by atoms with Gasteiger partial charge >= 0.3 is 6.09 Å². The van der Waals surface area contributed by atoms with Crippen molar-refractivity contribution < 1.29 is 14.6 Å². The van der Waals surface area contributed by atoms with Gasteiger partial charge in [-0.1, -0.05) is 0 Å². The number of ether oxygens (including phenoxy) is 1. The molecule has 0 spiro atoms. The van der Waals surface area contributed by atoms with Crippen LogP contribution >= 0.6 is 0 Å². The maximum absolute atomic E-state index is 12.3. The van der Waals surface area contributed by atoms with Crippen LogP contribution in [-0.2, 0) is 18.3 Å². The summed E-state index contributed by atoms with van der Waals surface area (Å²) in [6.45, 7) is 5.36. The summed E-state index contributed by atoms with van der Waals surface area (Å²) >= 11 is 0. The van der Waals surface area contributed by atoms with E-state index in [0.29, 0.717) is 0 Å². The lowest BCUT2D eigenvalue weighted by atomic mass is 10.2. The molecule has 0 saturated heterocycles. The number of carbonyl (C=O) groups is 1. The Morgan fingerprint density at radius 2 is 2.05 bits per heavy atom. The lowest BCUT2D eigenvalue weighted by molar-refractivity contribution is 0.0594. The zero-order valence-corrected chi connectivity index (χ0v) is 13.7. The molecule has 1 rings (SSSR count). The molecule has 0 aromatic carbocycles.